The number of piperidine rings is 1. The van der Waals surface area contributed by atoms with E-state index in [4.69, 9.17) is 4.74 Å². The zero-order chi connectivity index (χ0) is 20.2. The molecule has 0 spiro atoms. The van der Waals surface area contributed by atoms with Gasteiger partial charge in [0.05, 0.1) is 23.9 Å². The number of hydrogen-bond acceptors (Lipinski definition) is 4. The van der Waals surface area contributed by atoms with Crippen LogP contribution in [0.2, 0.25) is 0 Å². The lowest BCUT2D eigenvalue weighted by Crippen LogP contribution is -2.36. The van der Waals surface area contributed by atoms with Crippen molar-refractivity contribution < 1.29 is 13.9 Å². The highest BCUT2D eigenvalue weighted by atomic mass is 19.1. The Morgan fingerprint density at radius 3 is 2.62 bits per heavy atom. The molecule has 29 heavy (non-hydrogen) atoms. The van der Waals surface area contributed by atoms with Crippen molar-refractivity contribution in [1.29, 1.82) is 0 Å². The van der Waals surface area contributed by atoms with Gasteiger partial charge in [0, 0.05) is 31.2 Å². The van der Waals surface area contributed by atoms with Crippen LogP contribution >= 0.6 is 0 Å². The van der Waals surface area contributed by atoms with Crippen LogP contribution in [0.1, 0.15) is 35.2 Å². The number of nitrogens with one attached hydrogen (secondary N) is 1. The zero-order valence-corrected chi connectivity index (χ0v) is 16.5. The Kier molecular flexibility index (Phi) is 5.60. The third-order valence-corrected chi connectivity index (χ3v) is 5.33. The van der Waals surface area contributed by atoms with Gasteiger partial charge in [0.1, 0.15) is 11.6 Å². The molecule has 0 unspecified atom stereocenters. The number of carbonyl (C=O) groups excluding carboxylic acids is 1. The first-order valence-corrected chi connectivity index (χ1v) is 9.90. The van der Waals surface area contributed by atoms with Crippen molar-refractivity contribution in [2.45, 2.75) is 25.8 Å². The summed E-state index contributed by atoms with van der Waals surface area (Å²) in [6.45, 7) is 2.00. The third-order valence-electron chi connectivity index (χ3n) is 5.33. The standard InChI is InChI=1S/C23H24FN3O2/c1-29-18-8-5-16(6-9-18)14-26-22-19-13-17(24)7-10-21(19)25-15-20(22)23(28)27-11-3-2-4-12-27/h5-10,13,15H,2-4,11-12,14H2,1H3,(H,25,26). The number of amides is 1. The highest BCUT2D eigenvalue weighted by molar-refractivity contribution is 6.07. The molecule has 0 aliphatic carbocycles. The number of likely N-dealkylation sites (tertiary alicyclic amines) is 1. The lowest BCUT2D eigenvalue weighted by Gasteiger charge is -2.27. The van der Waals surface area contributed by atoms with Gasteiger partial charge in [0.2, 0.25) is 0 Å². The number of halogens is 1. The maximum Gasteiger partial charge on any atom is 0.257 e. The van der Waals surface area contributed by atoms with Crippen molar-refractivity contribution in [2.75, 3.05) is 25.5 Å². The van der Waals surface area contributed by atoms with Crippen molar-refractivity contribution in [3.8, 4) is 5.75 Å². The fourth-order valence-corrected chi connectivity index (χ4v) is 3.72. The summed E-state index contributed by atoms with van der Waals surface area (Å²) in [6.07, 6.45) is 4.77. The van der Waals surface area contributed by atoms with Crippen LogP contribution in [-0.4, -0.2) is 36.0 Å². The second-order valence-electron chi connectivity index (χ2n) is 7.26. The first kappa shape index (κ1) is 19.2. The van der Waals surface area contributed by atoms with Crippen LogP contribution in [0.25, 0.3) is 10.9 Å². The molecule has 1 aliphatic heterocycles. The Balaban J connectivity index is 1.69. The molecular formula is C23H24FN3O2. The highest BCUT2D eigenvalue weighted by Gasteiger charge is 2.23. The SMILES string of the molecule is COc1ccc(CNc2c(C(=O)N3CCCCC3)cnc3ccc(F)cc23)cc1. The number of ether oxygens (including phenoxy) is 1. The van der Waals surface area contributed by atoms with Crippen molar-refractivity contribution in [3.05, 3.63) is 65.6 Å². The number of rotatable bonds is 5. The third kappa shape index (κ3) is 4.16. The molecule has 1 amide bonds. The molecule has 0 saturated carbocycles. The highest BCUT2D eigenvalue weighted by Crippen LogP contribution is 2.29. The molecule has 150 valence electrons. The summed E-state index contributed by atoms with van der Waals surface area (Å²) in [6, 6.07) is 12.2. The van der Waals surface area contributed by atoms with E-state index in [1.165, 1.54) is 12.1 Å². The van der Waals surface area contributed by atoms with Crippen molar-refractivity contribution >= 4 is 22.5 Å². The summed E-state index contributed by atoms with van der Waals surface area (Å²) < 4.78 is 19.2. The van der Waals surface area contributed by atoms with E-state index in [0.29, 0.717) is 28.7 Å². The lowest BCUT2D eigenvalue weighted by molar-refractivity contribution is 0.0725. The lowest BCUT2D eigenvalue weighted by atomic mass is 10.1. The van der Waals surface area contributed by atoms with Gasteiger partial charge in [-0.05, 0) is 55.2 Å². The quantitative estimate of drug-likeness (QED) is 0.687. The van der Waals surface area contributed by atoms with Crippen molar-refractivity contribution in [2.24, 2.45) is 0 Å². The van der Waals surface area contributed by atoms with E-state index in [-0.39, 0.29) is 11.7 Å². The summed E-state index contributed by atoms with van der Waals surface area (Å²) in [5.41, 5.74) is 2.79. The van der Waals surface area contributed by atoms with Crippen molar-refractivity contribution in [1.82, 2.24) is 9.88 Å². The van der Waals surface area contributed by atoms with Gasteiger partial charge in [-0.1, -0.05) is 12.1 Å². The first-order valence-electron chi connectivity index (χ1n) is 9.90. The van der Waals surface area contributed by atoms with Crippen LogP contribution in [0.4, 0.5) is 10.1 Å². The van der Waals surface area contributed by atoms with Gasteiger partial charge < -0.3 is 15.0 Å². The van der Waals surface area contributed by atoms with Crippen LogP contribution in [0.15, 0.2) is 48.7 Å². The van der Waals surface area contributed by atoms with Crippen LogP contribution < -0.4 is 10.1 Å². The predicted octanol–water partition coefficient (Wildman–Crippen LogP) is 4.62. The summed E-state index contributed by atoms with van der Waals surface area (Å²) in [5.74, 6) is 0.376. The van der Waals surface area contributed by atoms with Gasteiger partial charge in [-0.3, -0.25) is 9.78 Å². The molecule has 0 radical (unpaired) electrons. The van der Waals surface area contributed by atoms with E-state index in [2.05, 4.69) is 10.3 Å². The number of benzene rings is 2. The van der Waals surface area contributed by atoms with Gasteiger partial charge in [-0.2, -0.15) is 0 Å². The largest absolute Gasteiger partial charge is 0.497 e. The maximum atomic E-state index is 14.0. The number of carbonyl (C=O) groups is 1. The Bertz CT molecular complexity index is 1010. The number of methoxy groups -OCH3 is 1. The number of aromatic nitrogens is 1. The second kappa shape index (κ2) is 8.47. The maximum absolute atomic E-state index is 14.0. The zero-order valence-electron chi connectivity index (χ0n) is 16.5. The summed E-state index contributed by atoms with van der Waals surface area (Å²) in [5, 5.41) is 3.97. The van der Waals surface area contributed by atoms with Gasteiger partial charge in [-0.15, -0.1) is 0 Å². The molecule has 3 aromatic rings. The van der Waals surface area contributed by atoms with E-state index >= 15 is 0 Å². The summed E-state index contributed by atoms with van der Waals surface area (Å²) in [4.78, 5) is 19.5. The molecule has 1 aromatic heterocycles. The second-order valence-corrected chi connectivity index (χ2v) is 7.26. The summed E-state index contributed by atoms with van der Waals surface area (Å²) in [7, 11) is 1.63. The van der Waals surface area contributed by atoms with E-state index < -0.39 is 0 Å². The van der Waals surface area contributed by atoms with Crippen LogP contribution in [-0.2, 0) is 6.54 Å². The van der Waals surface area contributed by atoms with Crippen LogP contribution in [0, 0.1) is 5.82 Å². The van der Waals surface area contributed by atoms with E-state index in [9.17, 15) is 9.18 Å². The average molecular weight is 393 g/mol. The van der Waals surface area contributed by atoms with E-state index in [1.54, 1.807) is 19.4 Å². The molecule has 2 heterocycles. The number of anilines is 1. The van der Waals surface area contributed by atoms with Crippen molar-refractivity contribution in [3.63, 3.8) is 0 Å². The van der Waals surface area contributed by atoms with Gasteiger partial charge in [-0.25, -0.2) is 4.39 Å². The topological polar surface area (TPSA) is 54.5 Å². The van der Waals surface area contributed by atoms with Gasteiger partial charge >= 0.3 is 0 Å². The first-order chi connectivity index (χ1) is 14.2. The fourth-order valence-electron chi connectivity index (χ4n) is 3.72. The number of fused-ring (bicyclic) bond motifs is 1. The molecule has 1 fully saturated rings. The molecule has 1 saturated heterocycles. The molecule has 2 aromatic carbocycles. The number of nitrogens with zero attached hydrogens (tertiary/aromatic N) is 2. The Hall–Kier alpha value is -3.15. The van der Waals surface area contributed by atoms with E-state index in [0.717, 1.165) is 43.7 Å². The van der Waals surface area contributed by atoms with E-state index in [1.807, 2.05) is 29.2 Å². The smallest absolute Gasteiger partial charge is 0.257 e. The monoisotopic (exact) mass is 393 g/mol. The molecular weight excluding hydrogens is 369 g/mol. The van der Waals surface area contributed by atoms with Crippen LogP contribution in [0.5, 0.6) is 5.75 Å². The number of hydrogen-bond donors (Lipinski definition) is 1. The molecule has 1 aliphatic rings. The Morgan fingerprint density at radius 2 is 1.90 bits per heavy atom. The normalized spacial score (nSPS) is 14.1. The molecule has 1 N–H and O–H groups in total. The molecule has 0 atom stereocenters. The summed E-state index contributed by atoms with van der Waals surface area (Å²) >= 11 is 0. The minimum Gasteiger partial charge on any atom is -0.497 e. The fraction of sp³-hybridized carbons (Fsp3) is 0.304. The minimum absolute atomic E-state index is 0.0550. The molecule has 5 nitrogen and oxygen atoms in total. The average Bonchev–Trinajstić information content (AvgIpc) is 2.77. The number of pyridine rings is 1. The van der Waals surface area contributed by atoms with Crippen LogP contribution in [0.3, 0.4) is 0 Å². The predicted molar refractivity (Wildman–Crippen MR) is 112 cm³/mol. The molecule has 6 heteroatoms. The van der Waals surface area contributed by atoms with Gasteiger partial charge in [0.25, 0.3) is 5.91 Å². The van der Waals surface area contributed by atoms with Gasteiger partial charge in [0.15, 0.2) is 0 Å². The Labute approximate surface area is 169 Å². The molecule has 0 bridgehead atoms. The molecule has 4 rings (SSSR count). The Morgan fingerprint density at radius 1 is 1.14 bits per heavy atom. The minimum atomic E-state index is -0.352.